The Morgan fingerprint density at radius 1 is 1.09 bits per heavy atom. The molecule has 0 bridgehead atoms. The van der Waals surface area contributed by atoms with Crippen LogP contribution in [0.3, 0.4) is 0 Å². The SMILES string of the molecule is CCc1nnc(CSc2nnc(NCc3ccccc3)s2)o1. The van der Waals surface area contributed by atoms with Crippen molar-refractivity contribution in [2.75, 3.05) is 5.32 Å². The number of nitrogens with one attached hydrogen (secondary N) is 1. The van der Waals surface area contributed by atoms with Crippen molar-refractivity contribution < 1.29 is 4.42 Å². The molecule has 22 heavy (non-hydrogen) atoms. The Balaban J connectivity index is 1.50. The van der Waals surface area contributed by atoms with Gasteiger partial charge in [-0.3, -0.25) is 0 Å². The highest BCUT2D eigenvalue weighted by Crippen LogP contribution is 2.28. The first-order valence-corrected chi connectivity index (χ1v) is 8.69. The minimum atomic E-state index is 0.611. The number of rotatable bonds is 7. The highest BCUT2D eigenvalue weighted by atomic mass is 32.2. The summed E-state index contributed by atoms with van der Waals surface area (Å²) in [6, 6.07) is 10.2. The molecule has 114 valence electrons. The van der Waals surface area contributed by atoms with Crippen molar-refractivity contribution in [3.63, 3.8) is 0 Å². The van der Waals surface area contributed by atoms with Crippen molar-refractivity contribution in [2.45, 2.75) is 30.0 Å². The van der Waals surface area contributed by atoms with Gasteiger partial charge < -0.3 is 9.73 Å². The van der Waals surface area contributed by atoms with Gasteiger partial charge in [-0.25, -0.2) is 0 Å². The van der Waals surface area contributed by atoms with Crippen LogP contribution in [0.15, 0.2) is 39.1 Å². The summed E-state index contributed by atoms with van der Waals surface area (Å²) in [4.78, 5) is 0. The Kier molecular flexibility index (Phi) is 5.02. The molecular weight excluding hydrogens is 318 g/mol. The van der Waals surface area contributed by atoms with E-state index in [0.29, 0.717) is 17.5 Å². The summed E-state index contributed by atoms with van der Waals surface area (Å²) in [5, 5.41) is 20.3. The van der Waals surface area contributed by atoms with E-state index in [2.05, 4.69) is 37.8 Å². The standard InChI is InChI=1S/C14H15N5OS2/c1-2-11-16-17-12(20-11)9-21-14-19-18-13(22-14)15-8-10-6-4-3-5-7-10/h3-7H,2,8-9H2,1H3,(H,15,18). The van der Waals surface area contributed by atoms with E-state index in [-0.39, 0.29) is 0 Å². The fraction of sp³-hybridized carbons (Fsp3) is 0.286. The van der Waals surface area contributed by atoms with Crippen molar-refractivity contribution in [3.05, 3.63) is 47.7 Å². The van der Waals surface area contributed by atoms with E-state index < -0.39 is 0 Å². The van der Waals surface area contributed by atoms with Crippen LogP contribution in [0.5, 0.6) is 0 Å². The zero-order chi connectivity index (χ0) is 15.2. The maximum Gasteiger partial charge on any atom is 0.226 e. The number of anilines is 1. The molecule has 2 aromatic heterocycles. The second kappa shape index (κ2) is 7.37. The van der Waals surface area contributed by atoms with Gasteiger partial charge in [0.25, 0.3) is 0 Å². The molecule has 0 aliphatic carbocycles. The number of nitrogens with zero attached hydrogens (tertiary/aromatic N) is 4. The molecule has 0 atom stereocenters. The summed E-state index contributed by atoms with van der Waals surface area (Å²) in [7, 11) is 0. The lowest BCUT2D eigenvalue weighted by Crippen LogP contribution is -1.98. The summed E-state index contributed by atoms with van der Waals surface area (Å²) in [6.45, 7) is 2.73. The Morgan fingerprint density at radius 3 is 2.68 bits per heavy atom. The fourth-order valence-corrected chi connectivity index (χ4v) is 3.31. The average Bonchev–Trinajstić information content (AvgIpc) is 3.21. The quantitative estimate of drug-likeness (QED) is 0.664. The van der Waals surface area contributed by atoms with E-state index >= 15 is 0 Å². The lowest BCUT2D eigenvalue weighted by Gasteiger charge is -2.00. The Bertz CT molecular complexity index is 713. The van der Waals surface area contributed by atoms with Gasteiger partial charge in [0, 0.05) is 13.0 Å². The predicted octanol–water partition coefficient (Wildman–Crippen LogP) is 3.39. The number of aromatic nitrogens is 4. The molecule has 0 aliphatic heterocycles. The largest absolute Gasteiger partial charge is 0.424 e. The summed E-state index contributed by atoms with van der Waals surface area (Å²) < 4.78 is 6.35. The Morgan fingerprint density at radius 2 is 1.91 bits per heavy atom. The van der Waals surface area contributed by atoms with Gasteiger partial charge >= 0.3 is 0 Å². The van der Waals surface area contributed by atoms with Crippen LogP contribution < -0.4 is 5.32 Å². The molecule has 8 heteroatoms. The van der Waals surface area contributed by atoms with E-state index in [9.17, 15) is 0 Å². The van der Waals surface area contributed by atoms with Gasteiger partial charge in [-0.2, -0.15) is 0 Å². The highest BCUT2D eigenvalue weighted by molar-refractivity contribution is 8.00. The topological polar surface area (TPSA) is 76.7 Å². The number of thioether (sulfide) groups is 1. The van der Waals surface area contributed by atoms with E-state index in [1.807, 2.05) is 25.1 Å². The first-order chi connectivity index (χ1) is 10.8. The van der Waals surface area contributed by atoms with Gasteiger partial charge in [-0.15, -0.1) is 20.4 Å². The Hall–Kier alpha value is -1.93. The molecule has 0 unspecified atom stereocenters. The van der Waals surface area contributed by atoms with Gasteiger partial charge in [-0.05, 0) is 5.56 Å². The summed E-state index contributed by atoms with van der Waals surface area (Å²) in [5.41, 5.74) is 1.21. The second-order valence-corrected chi connectivity index (χ2v) is 6.64. The van der Waals surface area contributed by atoms with Gasteiger partial charge in [-0.1, -0.05) is 60.4 Å². The molecule has 0 saturated heterocycles. The van der Waals surface area contributed by atoms with Gasteiger partial charge in [0.05, 0.1) is 5.75 Å². The average molecular weight is 333 g/mol. The molecule has 1 aromatic carbocycles. The van der Waals surface area contributed by atoms with Crippen LogP contribution in [0.25, 0.3) is 0 Å². The van der Waals surface area contributed by atoms with Crippen LogP contribution in [-0.2, 0) is 18.7 Å². The molecule has 0 fully saturated rings. The smallest absolute Gasteiger partial charge is 0.226 e. The summed E-state index contributed by atoms with van der Waals surface area (Å²) in [5.74, 6) is 1.90. The molecule has 0 aliphatic rings. The Labute approximate surface area is 136 Å². The summed E-state index contributed by atoms with van der Waals surface area (Å²) >= 11 is 3.07. The summed E-state index contributed by atoms with van der Waals surface area (Å²) in [6.07, 6.45) is 0.754. The van der Waals surface area contributed by atoms with E-state index in [0.717, 1.165) is 22.4 Å². The van der Waals surface area contributed by atoms with Crippen LogP contribution >= 0.6 is 23.1 Å². The predicted molar refractivity (Wildman–Crippen MR) is 86.9 cm³/mol. The van der Waals surface area contributed by atoms with E-state index in [1.165, 1.54) is 16.9 Å². The molecule has 1 N–H and O–H groups in total. The lowest BCUT2D eigenvalue weighted by atomic mass is 10.2. The highest BCUT2D eigenvalue weighted by Gasteiger charge is 2.09. The minimum absolute atomic E-state index is 0.611. The minimum Gasteiger partial charge on any atom is -0.424 e. The maximum atomic E-state index is 5.46. The molecule has 3 rings (SSSR count). The number of hydrogen-bond acceptors (Lipinski definition) is 8. The normalized spacial score (nSPS) is 10.8. The maximum absolute atomic E-state index is 5.46. The number of benzene rings is 1. The number of aryl methyl sites for hydroxylation is 1. The zero-order valence-corrected chi connectivity index (χ0v) is 13.7. The van der Waals surface area contributed by atoms with Crippen LogP contribution in [0, 0.1) is 0 Å². The molecule has 6 nitrogen and oxygen atoms in total. The lowest BCUT2D eigenvalue weighted by molar-refractivity contribution is 0.470. The molecule has 0 saturated carbocycles. The van der Waals surface area contributed by atoms with Gasteiger partial charge in [0.15, 0.2) is 4.34 Å². The molecule has 0 radical (unpaired) electrons. The van der Waals surface area contributed by atoms with Gasteiger partial charge in [0.1, 0.15) is 0 Å². The molecular formula is C14H15N5OS2. The molecule has 3 aromatic rings. The van der Waals surface area contributed by atoms with Crippen molar-refractivity contribution in [2.24, 2.45) is 0 Å². The first-order valence-electron chi connectivity index (χ1n) is 6.89. The molecule has 0 amide bonds. The zero-order valence-electron chi connectivity index (χ0n) is 12.0. The molecule has 0 spiro atoms. The van der Waals surface area contributed by atoms with E-state index in [1.54, 1.807) is 11.8 Å². The van der Waals surface area contributed by atoms with E-state index in [4.69, 9.17) is 4.42 Å². The van der Waals surface area contributed by atoms with Crippen LogP contribution in [0.4, 0.5) is 5.13 Å². The monoisotopic (exact) mass is 333 g/mol. The first kappa shape index (κ1) is 15.0. The number of hydrogen-bond donors (Lipinski definition) is 1. The third-order valence-corrected chi connectivity index (χ3v) is 4.82. The third kappa shape index (κ3) is 4.05. The second-order valence-electron chi connectivity index (χ2n) is 4.44. The van der Waals surface area contributed by atoms with Crippen molar-refractivity contribution in [1.82, 2.24) is 20.4 Å². The van der Waals surface area contributed by atoms with Crippen molar-refractivity contribution in [3.8, 4) is 0 Å². The van der Waals surface area contributed by atoms with Crippen LogP contribution in [0.2, 0.25) is 0 Å². The van der Waals surface area contributed by atoms with Crippen LogP contribution in [-0.4, -0.2) is 20.4 Å². The fourth-order valence-electron chi connectivity index (χ4n) is 1.73. The van der Waals surface area contributed by atoms with Crippen molar-refractivity contribution >= 4 is 28.2 Å². The van der Waals surface area contributed by atoms with Crippen molar-refractivity contribution in [1.29, 1.82) is 0 Å². The van der Waals surface area contributed by atoms with Crippen LogP contribution in [0.1, 0.15) is 24.3 Å². The molecule has 2 heterocycles. The third-order valence-electron chi connectivity index (χ3n) is 2.82. The van der Waals surface area contributed by atoms with Gasteiger partial charge in [0.2, 0.25) is 16.9 Å².